The summed E-state index contributed by atoms with van der Waals surface area (Å²) < 4.78 is 0. The molecule has 0 aliphatic rings. The van der Waals surface area contributed by atoms with Gasteiger partial charge in [-0.15, -0.1) is 0 Å². The summed E-state index contributed by atoms with van der Waals surface area (Å²) in [6.45, 7) is 3.55. The van der Waals surface area contributed by atoms with Gasteiger partial charge in [0.25, 0.3) is 0 Å². The minimum Gasteiger partial charge on any atom is -0.480 e. The van der Waals surface area contributed by atoms with Crippen LogP contribution < -0.4 is 5.73 Å². The quantitative estimate of drug-likeness (QED) is 0.536. The number of hydrogen-bond donors (Lipinski definition) is 2. The van der Waals surface area contributed by atoms with E-state index in [0.29, 0.717) is 0 Å². The zero-order valence-electron chi connectivity index (χ0n) is 5.09. The number of hydrogen-bond acceptors (Lipinski definition) is 2. The maximum atomic E-state index is 10.0. The van der Waals surface area contributed by atoms with Crippen LogP contribution in [0.15, 0.2) is 0 Å². The van der Waals surface area contributed by atoms with Crippen molar-refractivity contribution in [3.63, 3.8) is 0 Å². The van der Waals surface area contributed by atoms with Crippen molar-refractivity contribution in [3.05, 3.63) is 0 Å². The molecule has 3 N–H and O–H groups in total. The van der Waals surface area contributed by atoms with Crippen molar-refractivity contribution in [1.82, 2.24) is 0 Å². The Morgan fingerprint density at radius 2 is 2.00 bits per heavy atom. The molecule has 0 heterocycles. The highest BCUT2D eigenvalue weighted by molar-refractivity contribution is 5.73. The highest BCUT2D eigenvalue weighted by Gasteiger charge is 2.14. The summed E-state index contributed by atoms with van der Waals surface area (Å²) in [6.07, 6.45) is 0. The Hall–Kier alpha value is -0.570. The summed E-state index contributed by atoms with van der Waals surface area (Å²) in [5.41, 5.74) is 5.16. The minimum atomic E-state index is -0.931. The number of aliphatic carboxylic acids is 1. The predicted molar refractivity (Wildman–Crippen MR) is 30.4 cm³/mol. The topological polar surface area (TPSA) is 63.3 Å². The largest absolute Gasteiger partial charge is 0.480 e. The summed E-state index contributed by atoms with van der Waals surface area (Å²) in [5.74, 6) is -0.910. The van der Waals surface area contributed by atoms with Gasteiger partial charge in [0.1, 0.15) is 6.04 Å². The lowest BCUT2D eigenvalue weighted by atomic mass is 9.60. The van der Waals surface area contributed by atoms with Gasteiger partial charge < -0.3 is 10.8 Å². The second-order valence-corrected chi connectivity index (χ2v) is 2.11. The summed E-state index contributed by atoms with van der Waals surface area (Å²) in [7, 11) is 0. The maximum Gasteiger partial charge on any atom is 0.320 e. The van der Waals surface area contributed by atoms with Crippen LogP contribution in [-0.2, 0) is 4.79 Å². The van der Waals surface area contributed by atoms with E-state index >= 15 is 0 Å². The van der Waals surface area contributed by atoms with Gasteiger partial charge in [0.05, 0.1) is 0 Å². The van der Waals surface area contributed by atoms with E-state index in [4.69, 9.17) is 10.8 Å². The lowest BCUT2D eigenvalue weighted by molar-refractivity contribution is -0.139. The van der Waals surface area contributed by atoms with E-state index in [0.717, 1.165) is 0 Å². The molecule has 0 bridgehead atoms. The third-order valence-electron chi connectivity index (χ3n) is 1.00. The van der Waals surface area contributed by atoms with Crippen LogP contribution in [-0.4, -0.2) is 17.1 Å². The molecule has 0 saturated carbocycles. The van der Waals surface area contributed by atoms with Crippen molar-refractivity contribution in [2.45, 2.75) is 19.9 Å². The maximum absolute atomic E-state index is 10.0. The second-order valence-electron chi connectivity index (χ2n) is 2.11. The van der Waals surface area contributed by atoms with Gasteiger partial charge >= 0.3 is 5.97 Å². The molecule has 0 amide bonds. The van der Waals surface area contributed by atoms with Crippen LogP contribution in [0.4, 0.5) is 0 Å². The summed E-state index contributed by atoms with van der Waals surface area (Å²) in [4.78, 5) is 10.0. The molecule has 48 valence electrons. The molecule has 0 saturated heterocycles. The van der Waals surface area contributed by atoms with Crippen LogP contribution in [0.25, 0.3) is 0 Å². The SMILES string of the molecule is C[11CH](C)[C@@H](N)C(=O)O. The van der Waals surface area contributed by atoms with Crippen LogP contribution in [0.5, 0.6) is 0 Å². The summed E-state index contributed by atoms with van der Waals surface area (Å²) in [6, 6.07) is -0.713. The third kappa shape index (κ3) is 1.93. The second kappa shape index (κ2) is 2.67. The Kier molecular flexibility index (Phi) is 2.48. The smallest absolute Gasteiger partial charge is 0.320 e. The molecule has 0 aromatic carbocycles. The van der Waals surface area contributed by atoms with Crippen molar-refractivity contribution >= 4 is 5.97 Å². The Balaban J connectivity index is 3.64. The first kappa shape index (κ1) is 7.43. The first-order valence-electron chi connectivity index (χ1n) is 2.54. The molecule has 0 aliphatic carbocycles. The predicted octanol–water partition coefficient (Wildman–Crippen LogP) is 0.0543. The molecule has 0 rings (SSSR count). The molecular formula is C5H11NO2. The fraction of sp³-hybridized carbons (Fsp3) is 0.800. The molecule has 0 unspecified atom stereocenters. The van der Waals surface area contributed by atoms with Gasteiger partial charge in [-0.1, -0.05) is 13.8 Å². The monoisotopic (exact) mass is 116 g/mol. The Morgan fingerprint density at radius 1 is 1.62 bits per heavy atom. The van der Waals surface area contributed by atoms with Gasteiger partial charge in [0.15, 0.2) is 0 Å². The Labute approximate surface area is 48.5 Å². The number of carboxylic acid groups (broad SMARTS) is 1. The first-order valence-corrected chi connectivity index (χ1v) is 2.54. The number of carboxylic acids is 1. The van der Waals surface area contributed by atoms with Gasteiger partial charge in [0, 0.05) is 0 Å². The highest BCUT2D eigenvalue weighted by atomic mass is 16.4. The van der Waals surface area contributed by atoms with Crippen molar-refractivity contribution < 1.29 is 9.90 Å². The Bertz CT molecular complexity index is 90.4. The minimum absolute atomic E-state index is 0.0208. The average Bonchev–Trinajstić information content (AvgIpc) is 1.64. The van der Waals surface area contributed by atoms with Crippen LogP contribution in [0.3, 0.4) is 0 Å². The third-order valence-corrected chi connectivity index (χ3v) is 1.00. The lowest BCUT2D eigenvalue weighted by Crippen LogP contribution is -2.34. The number of nitrogens with two attached hydrogens (primary N) is 1. The fourth-order valence-electron chi connectivity index (χ4n) is 0.285. The molecule has 0 spiro atoms. The van der Waals surface area contributed by atoms with Crippen LogP contribution >= 0.6 is 0 Å². The lowest BCUT2D eigenvalue weighted by Gasteiger charge is -2.07. The van der Waals surface area contributed by atoms with E-state index in [-0.39, 0.29) is 5.92 Å². The molecule has 0 aliphatic heterocycles. The summed E-state index contributed by atoms with van der Waals surface area (Å²) >= 11 is 0. The van der Waals surface area contributed by atoms with Crippen molar-refractivity contribution in [1.29, 1.82) is 0 Å². The van der Waals surface area contributed by atoms with Gasteiger partial charge in [-0.2, -0.15) is 0 Å². The number of rotatable bonds is 2. The average molecular weight is 116 g/mol. The van der Waals surface area contributed by atoms with Crippen molar-refractivity contribution in [2.75, 3.05) is 0 Å². The standard InChI is InChI=1S/C5H11NO2/c1-3(2)4(6)5(7)8/h3-4H,6H2,1-2H3,(H,7,8)/t4-/m1/s1/i3-1. The molecule has 0 aromatic heterocycles. The van der Waals surface area contributed by atoms with E-state index in [1.807, 2.05) is 0 Å². The van der Waals surface area contributed by atoms with Crippen molar-refractivity contribution in [2.24, 2.45) is 11.7 Å². The zero-order valence-corrected chi connectivity index (χ0v) is 5.09. The Morgan fingerprint density at radius 3 is 2.00 bits per heavy atom. The molecule has 3 heteroatoms. The molecule has 0 radical (unpaired) electrons. The van der Waals surface area contributed by atoms with Gasteiger partial charge in [0.2, 0.25) is 0 Å². The van der Waals surface area contributed by atoms with E-state index in [2.05, 4.69) is 0 Å². The van der Waals surface area contributed by atoms with Crippen LogP contribution in [0.2, 0.25) is 0 Å². The summed E-state index contributed by atoms with van der Waals surface area (Å²) in [5, 5.41) is 8.23. The van der Waals surface area contributed by atoms with Crippen LogP contribution in [0.1, 0.15) is 13.8 Å². The molecule has 0 aromatic rings. The van der Waals surface area contributed by atoms with E-state index in [1.54, 1.807) is 13.8 Å². The van der Waals surface area contributed by atoms with E-state index in [1.165, 1.54) is 0 Å². The van der Waals surface area contributed by atoms with E-state index in [9.17, 15) is 4.79 Å². The van der Waals surface area contributed by atoms with Crippen molar-refractivity contribution in [3.8, 4) is 0 Å². The first-order chi connectivity index (χ1) is 3.55. The fourth-order valence-corrected chi connectivity index (χ4v) is 0.285. The molecule has 0 fully saturated rings. The van der Waals surface area contributed by atoms with Crippen LogP contribution in [0, 0.1) is 5.92 Å². The van der Waals surface area contributed by atoms with Gasteiger partial charge in [-0.3, -0.25) is 4.79 Å². The number of carbonyl (C=O) groups is 1. The molecule has 8 heavy (non-hydrogen) atoms. The van der Waals surface area contributed by atoms with Gasteiger partial charge in [-0.25, -0.2) is 0 Å². The van der Waals surface area contributed by atoms with E-state index < -0.39 is 12.0 Å². The highest BCUT2D eigenvalue weighted by Crippen LogP contribution is 1.96. The molecule has 1 atom stereocenters. The normalized spacial score (nSPS) is 14.0. The zero-order chi connectivity index (χ0) is 6.73. The molecule has 3 nitrogen and oxygen atoms in total. The molecular weight excluding hydrogens is 105 g/mol. The van der Waals surface area contributed by atoms with Gasteiger partial charge in [-0.05, 0) is 5.92 Å².